The smallest absolute Gasteiger partial charge is 0.301 e. The highest BCUT2D eigenvalue weighted by Gasteiger charge is 2.28. The maximum Gasteiger partial charge on any atom is 0.301 e. The minimum absolute atomic E-state index is 0.371. The molecule has 1 saturated heterocycles. The van der Waals surface area contributed by atoms with E-state index in [1.807, 2.05) is 0 Å². The van der Waals surface area contributed by atoms with Gasteiger partial charge in [0.2, 0.25) is 0 Å². The van der Waals surface area contributed by atoms with Crippen LogP contribution in [0.15, 0.2) is 24.5 Å². The van der Waals surface area contributed by atoms with Gasteiger partial charge in [0.25, 0.3) is 0 Å². The van der Waals surface area contributed by atoms with Crippen molar-refractivity contribution in [2.24, 2.45) is 5.92 Å². The zero-order valence-corrected chi connectivity index (χ0v) is 13.4. The van der Waals surface area contributed by atoms with Crippen molar-refractivity contribution in [1.82, 2.24) is 14.6 Å². The molecule has 0 spiro atoms. The highest BCUT2D eigenvalue weighted by atomic mass is 32.2. The zero-order valence-electron chi connectivity index (χ0n) is 12.6. The highest BCUT2D eigenvalue weighted by molar-refractivity contribution is 7.90. The molecule has 21 heavy (non-hydrogen) atoms. The second-order valence-electron chi connectivity index (χ2n) is 5.77. The van der Waals surface area contributed by atoms with E-state index in [-0.39, 0.29) is 0 Å². The van der Waals surface area contributed by atoms with Gasteiger partial charge in [-0.15, -0.1) is 0 Å². The Morgan fingerprint density at radius 3 is 2.76 bits per heavy atom. The van der Waals surface area contributed by atoms with Crippen LogP contribution in [0.2, 0.25) is 0 Å². The number of pyridine rings is 1. The molecule has 0 aliphatic carbocycles. The summed E-state index contributed by atoms with van der Waals surface area (Å²) in [5.74, 6) is 0.371. The highest BCUT2D eigenvalue weighted by Crippen LogP contribution is 2.20. The lowest BCUT2D eigenvalue weighted by Gasteiger charge is -2.32. The van der Waals surface area contributed by atoms with Crippen molar-refractivity contribution in [3.8, 4) is 0 Å². The normalized spacial score (nSPS) is 20.6. The van der Waals surface area contributed by atoms with Crippen molar-refractivity contribution in [3.63, 3.8) is 0 Å². The summed E-state index contributed by atoms with van der Waals surface area (Å²) in [4.78, 5) is 3.88. The lowest BCUT2D eigenvalue weighted by molar-refractivity contribution is 0.258. The second-order valence-corrected chi connectivity index (χ2v) is 7.44. The summed E-state index contributed by atoms with van der Waals surface area (Å²) in [5.41, 5.74) is 0.549. The maximum absolute atomic E-state index is 12.4. The standard InChI is InChI=1S/C14H24N4O2S/c1-12(2)16-10-13-4-3-9-18(11-13)21(19,20)17-14-5-7-15-8-6-14/h5-8,12-13,16H,3-4,9-11H2,1-2H3,(H,15,17). The number of nitrogens with one attached hydrogen (secondary N) is 2. The van der Waals surface area contributed by atoms with E-state index in [0.29, 0.717) is 30.7 Å². The third-order valence-electron chi connectivity index (χ3n) is 3.56. The van der Waals surface area contributed by atoms with Crippen LogP contribution in [0, 0.1) is 5.92 Å². The van der Waals surface area contributed by atoms with Gasteiger partial charge in [-0.25, -0.2) is 0 Å². The van der Waals surface area contributed by atoms with Crippen molar-refractivity contribution >= 4 is 15.9 Å². The molecule has 2 heterocycles. The summed E-state index contributed by atoms with van der Waals surface area (Å²) in [6, 6.07) is 3.73. The van der Waals surface area contributed by atoms with Crippen LogP contribution in [0.5, 0.6) is 0 Å². The molecule has 0 saturated carbocycles. The minimum atomic E-state index is -3.48. The van der Waals surface area contributed by atoms with Crippen LogP contribution in [0.1, 0.15) is 26.7 Å². The molecule has 1 aromatic heterocycles. The predicted molar refractivity (Wildman–Crippen MR) is 84.2 cm³/mol. The fraction of sp³-hybridized carbons (Fsp3) is 0.643. The SMILES string of the molecule is CC(C)NCC1CCCN(S(=O)(=O)Nc2ccncc2)C1. The molecule has 0 aromatic carbocycles. The number of anilines is 1. The molecule has 7 heteroatoms. The van der Waals surface area contributed by atoms with E-state index in [9.17, 15) is 8.42 Å². The van der Waals surface area contributed by atoms with E-state index in [0.717, 1.165) is 19.4 Å². The lowest BCUT2D eigenvalue weighted by Crippen LogP contribution is -2.45. The number of hydrogen-bond donors (Lipinski definition) is 2. The molecular formula is C14H24N4O2S. The van der Waals surface area contributed by atoms with Crippen LogP contribution in [-0.2, 0) is 10.2 Å². The molecule has 1 aliphatic rings. The number of piperidine rings is 1. The fourth-order valence-electron chi connectivity index (χ4n) is 2.45. The first-order valence-electron chi connectivity index (χ1n) is 7.38. The van der Waals surface area contributed by atoms with E-state index < -0.39 is 10.2 Å². The van der Waals surface area contributed by atoms with E-state index in [1.54, 1.807) is 28.8 Å². The summed E-state index contributed by atoms with van der Waals surface area (Å²) in [5, 5.41) is 3.39. The monoisotopic (exact) mass is 312 g/mol. The minimum Gasteiger partial charge on any atom is -0.314 e. The summed E-state index contributed by atoms with van der Waals surface area (Å²) < 4.78 is 29.0. The van der Waals surface area contributed by atoms with Gasteiger partial charge in [0.05, 0.1) is 5.69 Å². The number of aromatic nitrogens is 1. The third kappa shape index (κ3) is 4.94. The lowest BCUT2D eigenvalue weighted by atomic mass is 9.99. The van der Waals surface area contributed by atoms with Crippen molar-refractivity contribution < 1.29 is 8.42 Å². The van der Waals surface area contributed by atoms with Gasteiger partial charge >= 0.3 is 10.2 Å². The van der Waals surface area contributed by atoms with Gasteiger partial charge in [0, 0.05) is 31.5 Å². The topological polar surface area (TPSA) is 74.3 Å². The Hall–Kier alpha value is -1.18. The Balaban J connectivity index is 1.96. The van der Waals surface area contributed by atoms with Crippen LogP contribution >= 0.6 is 0 Å². The molecule has 2 rings (SSSR count). The average molecular weight is 312 g/mol. The molecule has 1 aliphatic heterocycles. The fourth-order valence-corrected chi connectivity index (χ4v) is 3.79. The summed E-state index contributed by atoms with van der Waals surface area (Å²) in [6.45, 7) is 6.21. The van der Waals surface area contributed by atoms with E-state index in [4.69, 9.17) is 0 Å². The average Bonchev–Trinajstić information content (AvgIpc) is 2.46. The number of hydrogen-bond acceptors (Lipinski definition) is 4. The molecule has 0 amide bonds. The van der Waals surface area contributed by atoms with Crippen molar-refractivity contribution in [2.45, 2.75) is 32.7 Å². The molecule has 1 unspecified atom stereocenters. The van der Waals surface area contributed by atoms with Gasteiger partial charge in [0.15, 0.2) is 0 Å². The van der Waals surface area contributed by atoms with Crippen molar-refractivity contribution in [3.05, 3.63) is 24.5 Å². The van der Waals surface area contributed by atoms with Gasteiger partial charge in [-0.3, -0.25) is 9.71 Å². The van der Waals surface area contributed by atoms with Crippen LogP contribution in [-0.4, -0.2) is 43.4 Å². The first-order valence-corrected chi connectivity index (χ1v) is 8.82. The molecular weight excluding hydrogens is 288 g/mol. The summed E-state index contributed by atoms with van der Waals surface area (Å²) in [7, 11) is -3.48. The molecule has 118 valence electrons. The molecule has 1 atom stereocenters. The molecule has 1 fully saturated rings. The second kappa shape index (κ2) is 7.20. The maximum atomic E-state index is 12.4. The Labute approximate surface area is 127 Å². The summed E-state index contributed by atoms with van der Waals surface area (Å²) in [6.07, 6.45) is 5.12. The van der Waals surface area contributed by atoms with Gasteiger partial charge in [-0.1, -0.05) is 13.8 Å². The Morgan fingerprint density at radius 2 is 2.10 bits per heavy atom. The first kappa shape index (κ1) is 16.2. The Bertz CT molecular complexity index is 533. The van der Waals surface area contributed by atoms with Crippen LogP contribution in [0.25, 0.3) is 0 Å². The third-order valence-corrected chi connectivity index (χ3v) is 5.07. The van der Waals surface area contributed by atoms with E-state index in [1.165, 1.54) is 0 Å². The van der Waals surface area contributed by atoms with Crippen LogP contribution in [0.4, 0.5) is 5.69 Å². The van der Waals surface area contributed by atoms with E-state index in [2.05, 4.69) is 28.9 Å². The van der Waals surface area contributed by atoms with Crippen molar-refractivity contribution in [2.75, 3.05) is 24.4 Å². The number of nitrogens with zero attached hydrogens (tertiary/aromatic N) is 2. The molecule has 6 nitrogen and oxygen atoms in total. The van der Waals surface area contributed by atoms with Crippen LogP contribution < -0.4 is 10.0 Å². The quantitative estimate of drug-likeness (QED) is 0.834. The molecule has 0 radical (unpaired) electrons. The summed E-state index contributed by atoms with van der Waals surface area (Å²) >= 11 is 0. The van der Waals surface area contributed by atoms with Gasteiger partial charge in [-0.2, -0.15) is 12.7 Å². The van der Waals surface area contributed by atoms with Crippen LogP contribution in [0.3, 0.4) is 0 Å². The van der Waals surface area contributed by atoms with Crippen molar-refractivity contribution in [1.29, 1.82) is 0 Å². The molecule has 0 bridgehead atoms. The van der Waals surface area contributed by atoms with Gasteiger partial charge in [0.1, 0.15) is 0 Å². The first-order chi connectivity index (χ1) is 9.97. The zero-order chi connectivity index (χ0) is 15.3. The Morgan fingerprint density at radius 1 is 1.38 bits per heavy atom. The molecule has 1 aromatic rings. The molecule has 2 N–H and O–H groups in total. The largest absolute Gasteiger partial charge is 0.314 e. The Kier molecular flexibility index (Phi) is 5.55. The predicted octanol–water partition coefficient (Wildman–Crippen LogP) is 1.45. The van der Waals surface area contributed by atoms with Gasteiger partial charge < -0.3 is 5.32 Å². The number of rotatable bonds is 6. The van der Waals surface area contributed by atoms with Gasteiger partial charge in [-0.05, 0) is 37.4 Å². The van der Waals surface area contributed by atoms with E-state index >= 15 is 0 Å².